The zero-order valence-corrected chi connectivity index (χ0v) is 12.5. The Morgan fingerprint density at radius 1 is 1.16 bits per heavy atom. The van der Waals surface area contributed by atoms with Crippen LogP contribution in [0.15, 0.2) is 18.2 Å². The highest BCUT2D eigenvalue weighted by molar-refractivity contribution is 6.42. The molecule has 3 rings (SSSR count). The third kappa shape index (κ3) is 3.25. The first-order valence-corrected chi connectivity index (χ1v) is 7.85. The van der Waals surface area contributed by atoms with Crippen LogP contribution in [-0.4, -0.2) is 24.0 Å². The summed E-state index contributed by atoms with van der Waals surface area (Å²) in [6.45, 7) is 1.83. The number of rotatable bonds is 6. The monoisotopic (exact) mass is 298 g/mol. The molecule has 1 unspecified atom stereocenters. The Bertz CT molecular complexity index is 455. The largest absolute Gasteiger partial charge is 0.329 e. The summed E-state index contributed by atoms with van der Waals surface area (Å²) in [7, 11) is 0. The van der Waals surface area contributed by atoms with E-state index in [4.69, 9.17) is 28.9 Å². The summed E-state index contributed by atoms with van der Waals surface area (Å²) in [5.74, 6) is 0.887. The minimum Gasteiger partial charge on any atom is -0.329 e. The summed E-state index contributed by atoms with van der Waals surface area (Å²) in [6.07, 6.45) is 5.37. The number of halogens is 2. The molecule has 2 aliphatic carbocycles. The lowest BCUT2D eigenvalue weighted by atomic mass is 10.0. The Balaban J connectivity index is 1.81. The highest BCUT2D eigenvalue weighted by Crippen LogP contribution is 2.40. The first-order chi connectivity index (χ1) is 9.19. The number of benzene rings is 1. The van der Waals surface area contributed by atoms with E-state index < -0.39 is 0 Å². The minimum absolute atomic E-state index is 0.280. The molecule has 0 aliphatic heterocycles. The smallest absolute Gasteiger partial charge is 0.0595 e. The van der Waals surface area contributed by atoms with Crippen molar-refractivity contribution in [3.8, 4) is 0 Å². The predicted molar refractivity (Wildman–Crippen MR) is 80.7 cm³/mol. The van der Waals surface area contributed by atoms with Gasteiger partial charge in [-0.2, -0.15) is 0 Å². The SMILES string of the molecule is NCC(c1ccc(Cl)c(Cl)c1)N(CC1CC1)C1CC1. The fourth-order valence-electron chi connectivity index (χ4n) is 2.72. The second-order valence-electron chi connectivity index (χ2n) is 5.80. The summed E-state index contributed by atoms with van der Waals surface area (Å²) >= 11 is 12.1. The molecule has 0 aromatic heterocycles. The van der Waals surface area contributed by atoms with E-state index in [9.17, 15) is 0 Å². The molecule has 0 radical (unpaired) electrons. The molecule has 2 saturated carbocycles. The molecule has 4 heteroatoms. The zero-order chi connectivity index (χ0) is 13.4. The van der Waals surface area contributed by atoms with Crippen molar-refractivity contribution >= 4 is 23.2 Å². The Morgan fingerprint density at radius 3 is 2.42 bits per heavy atom. The van der Waals surface area contributed by atoms with E-state index in [0.29, 0.717) is 16.6 Å². The van der Waals surface area contributed by atoms with Crippen LogP contribution in [-0.2, 0) is 0 Å². The van der Waals surface area contributed by atoms with E-state index in [0.717, 1.165) is 12.0 Å². The molecule has 0 amide bonds. The second kappa shape index (κ2) is 5.61. The zero-order valence-electron chi connectivity index (χ0n) is 11.0. The second-order valence-corrected chi connectivity index (χ2v) is 6.61. The van der Waals surface area contributed by atoms with E-state index in [1.165, 1.54) is 37.8 Å². The molecule has 1 aromatic carbocycles. The predicted octanol–water partition coefficient (Wildman–Crippen LogP) is 3.87. The standard InChI is InChI=1S/C15H20Cl2N2/c16-13-6-3-11(7-14(13)17)15(8-18)19(12-4-5-12)9-10-1-2-10/h3,6-7,10,12,15H,1-2,4-5,8-9,18H2. The maximum Gasteiger partial charge on any atom is 0.0595 e. The van der Waals surface area contributed by atoms with E-state index in [2.05, 4.69) is 11.0 Å². The molecule has 104 valence electrons. The molecule has 0 saturated heterocycles. The van der Waals surface area contributed by atoms with Crippen LogP contribution in [0.3, 0.4) is 0 Å². The topological polar surface area (TPSA) is 29.3 Å². The average molecular weight is 299 g/mol. The van der Waals surface area contributed by atoms with Crippen molar-refractivity contribution in [1.29, 1.82) is 0 Å². The highest BCUT2D eigenvalue weighted by atomic mass is 35.5. The van der Waals surface area contributed by atoms with Gasteiger partial charge in [0.15, 0.2) is 0 Å². The summed E-state index contributed by atoms with van der Waals surface area (Å²) in [4.78, 5) is 2.59. The molecule has 2 N–H and O–H groups in total. The number of hydrogen-bond acceptors (Lipinski definition) is 2. The first-order valence-electron chi connectivity index (χ1n) is 7.10. The van der Waals surface area contributed by atoms with E-state index in [1.54, 1.807) is 0 Å². The molecule has 0 bridgehead atoms. The lowest BCUT2D eigenvalue weighted by Gasteiger charge is -2.31. The van der Waals surface area contributed by atoms with Gasteiger partial charge in [-0.25, -0.2) is 0 Å². The van der Waals surface area contributed by atoms with Gasteiger partial charge in [0.1, 0.15) is 0 Å². The normalized spacial score (nSPS) is 20.8. The van der Waals surface area contributed by atoms with E-state index in [1.807, 2.05) is 12.1 Å². The van der Waals surface area contributed by atoms with Crippen LogP contribution in [0.2, 0.25) is 10.0 Å². The fourth-order valence-corrected chi connectivity index (χ4v) is 3.02. The van der Waals surface area contributed by atoms with Gasteiger partial charge in [-0.3, -0.25) is 4.90 Å². The van der Waals surface area contributed by atoms with Crippen molar-refractivity contribution in [2.45, 2.75) is 37.8 Å². The van der Waals surface area contributed by atoms with Crippen molar-refractivity contribution < 1.29 is 0 Å². The third-order valence-corrected chi connectivity index (χ3v) is 4.87. The molecular formula is C15H20Cl2N2. The molecule has 0 heterocycles. The maximum atomic E-state index is 6.14. The van der Waals surface area contributed by atoms with Crippen LogP contribution in [0.5, 0.6) is 0 Å². The van der Waals surface area contributed by atoms with Gasteiger partial charge in [0.2, 0.25) is 0 Å². The molecule has 2 aliphatic rings. The summed E-state index contributed by atoms with van der Waals surface area (Å²) in [6, 6.07) is 6.92. The molecular weight excluding hydrogens is 279 g/mol. The molecule has 2 fully saturated rings. The van der Waals surface area contributed by atoms with E-state index in [-0.39, 0.29) is 6.04 Å². The number of nitrogens with zero attached hydrogens (tertiary/aromatic N) is 1. The van der Waals surface area contributed by atoms with Crippen LogP contribution in [0, 0.1) is 5.92 Å². The molecule has 1 atom stereocenters. The van der Waals surface area contributed by atoms with Gasteiger partial charge < -0.3 is 5.73 Å². The highest BCUT2D eigenvalue weighted by Gasteiger charge is 2.37. The Kier molecular flexibility index (Phi) is 4.04. The number of hydrogen-bond donors (Lipinski definition) is 1. The van der Waals surface area contributed by atoms with Crippen LogP contribution in [0.4, 0.5) is 0 Å². The number of nitrogens with two attached hydrogens (primary N) is 1. The summed E-state index contributed by atoms with van der Waals surface area (Å²) < 4.78 is 0. The van der Waals surface area contributed by atoms with Crippen LogP contribution < -0.4 is 5.73 Å². The van der Waals surface area contributed by atoms with Gasteiger partial charge >= 0.3 is 0 Å². The summed E-state index contributed by atoms with van der Waals surface area (Å²) in [5.41, 5.74) is 7.24. The van der Waals surface area contributed by atoms with Crippen molar-refractivity contribution in [3.05, 3.63) is 33.8 Å². The van der Waals surface area contributed by atoms with Crippen LogP contribution >= 0.6 is 23.2 Å². The first kappa shape index (κ1) is 13.7. The van der Waals surface area contributed by atoms with Crippen LogP contribution in [0.25, 0.3) is 0 Å². The van der Waals surface area contributed by atoms with Gasteiger partial charge in [-0.1, -0.05) is 29.3 Å². The molecule has 0 spiro atoms. The van der Waals surface area contributed by atoms with Gasteiger partial charge in [-0.15, -0.1) is 0 Å². The van der Waals surface area contributed by atoms with Gasteiger partial charge in [-0.05, 0) is 49.3 Å². The van der Waals surface area contributed by atoms with Gasteiger partial charge in [0.05, 0.1) is 10.0 Å². The molecule has 19 heavy (non-hydrogen) atoms. The summed E-state index contributed by atoms with van der Waals surface area (Å²) in [5, 5.41) is 1.24. The van der Waals surface area contributed by atoms with Crippen molar-refractivity contribution in [2.75, 3.05) is 13.1 Å². The van der Waals surface area contributed by atoms with Crippen molar-refractivity contribution in [3.63, 3.8) is 0 Å². The fraction of sp³-hybridized carbons (Fsp3) is 0.600. The average Bonchev–Trinajstić information content (AvgIpc) is 3.27. The van der Waals surface area contributed by atoms with Gasteiger partial charge in [0, 0.05) is 25.2 Å². The quantitative estimate of drug-likeness (QED) is 0.864. The third-order valence-electron chi connectivity index (χ3n) is 4.13. The van der Waals surface area contributed by atoms with Crippen LogP contribution in [0.1, 0.15) is 37.3 Å². The van der Waals surface area contributed by atoms with Crippen molar-refractivity contribution in [1.82, 2.24) is 4.90 Å². The van der Waals surface area contributed by atoms with Gasteiger partial charge in [0.25, 0.3) is 0 Å². The lowest BCUT2D eigenvalue weighted by Crippen LogP contribution is -2.37. The Hall–Kier alpha value is -0.280. The molecule has 2 nitrogen and oxygen atoms in total. The van der Waals surface area contributed by atoms with E-state index >= 15 is 0 Å². The van der Waals surface area contributed by atoms with Crippen molar-refractivity contribution in [2.24, 2.45) is 11.7 Å². The molecule has 1 aromatic rings. The lowest BCUT2D eigenvalue weighted by molar-refractivity contribution is 0.183. The minimum atomic E-state index is 0.280. The maximum absolute atomic E-state index is 6.14. The Labute approximate surface area is 124 Å². The Morgan fingerprint density at radius 2 is 1.89 bits per heavy atom.